The highest BCUT2D eigenvalue weighted by atomic mass is 16.5. The van der Waals surface area contributed by atoms with Crippen molar-refractivity contribution in [3.8, 4) is 5.75 Å². The number of carbonyl (C=O) groups is 1. The van der Waals surface area contributed by atoms with E-state index in [9.17, 15) is 4.79 Å². The maximum atomic E-state index is 11.2. The molecule has 0 radical (unpaired) electrons. The predicted octanol–water partition coefficient (Wildman–Crippen LogP) is 2.43. The van der Waals surface area contributed by atoms with E-state index in [-0.39, 0.29) is 0 Å². The number of carbonyl (C=O) groups excluding carboxylic acids is 1. The van der Waals surface area contributed by atoms with Crippen LogP contribution in [-0.2, 0) is 9.53 Å². The fraction of sp³-hybridized carbons (Fsp3) is 0.143. The Morgan fingerprint density at radius 3 is 2.83 bits per heavy atom. The number of methoxy groups -OCH3 is 2. The number of fused-ring (bicyclic) bond motifs is 1. The van der Waals surface area contributed by atoms with E-state index in [0.717, 1.165) is 16.5 Å². The second-order valence-corrected chi connectivity index (χ2v) is 3.61. The average molecular weight is 243 g/mol. The Morgan fingerprint density at radius 1 is 1.28 bits per heavy atom. The number of rotatable bonds is 3. The third-order valence-corrected chi connectivity index (χ3v) is 2.59. The summed E-state index contributed by atoms with van der Waals surface area (Å²) in [4.78, 5) is 15.4. The molecule has 2 rings (SSSR count). The third-order valence-electron chi connectivity index (χ3n) is 2.59. The maximum Gasteiger partial charge on any atom is 0.330 e. The number of ether oxygens (including phenoxy) is 2. The van der Waals surface area contributed by atoms with E-state index in [1.54, 1.807) is 19.4 Å². The van der Waals surface area contributed by atoms with E-state index in [4.69, 9.17) is 4.74 Å². The van der Waals surface area contributed by atoms with Gasteiger partial charge in [-0.25, -0.2) is 4.79 Å². The molecule has 0 amide bonds. The molecule has 4 nitrogen and oxygen atoms in total. The van der Waals surface area contributed by atoms with Crippen molar-refractivity contribution in [2.24, 2.45) is 0 Å². The molecule has 0 fully saturated rings. The number of nitrogens with zero attached hydrogens (tertiary/aromatic N) is 1. The van der Waals surface area contributed by atoms with Crippen LogP contribution in [0.25, 0.3) is 17.0 Å². The first-order valence-corrected chi connectivity index (χ1v) is 5.44. The van der Waals surface area contributed by atoms with Gasteiger partial charge in [-0.15, -0.1) is 0 Å². The molecule has 0 N–H and O–H groups in total. The zero-order valence-corrected chi connectivity index (χ0v) is 10.2. The third kappa shape index (κ3) is 2.32. The predicted molar refractivity (Wildman–Crippen MR) is 69.3 cm³/mol. The summed E-state index contributed by atoms with van der Waals surface area (Å²) in [5.41, 5.74) is 1.66. The van der Waals surface area contributed by atoms with Gasteiger partial charge in [-0.2, -0.15) is 0 Å². The quantitative estimate of drug-likeness (QED) is 0.613. The van der Waals surface area contributed by atoms with Gasteiger partial charge in [0, 0.05) is 23.2 Å². The number of benzene rings is 1. The van der Waals surface area contributed by atoms with Crippen LogP contribution < -0.4 is 4.74 Å². The first-order valence-electron chi connectivity index (χ1n) is 5.44. The van der Waals surface area contributed by atoms with E-state index in [1.165, 1.54) is 13.2 Å². The van der Waals surface area contributed by atoms with Crippen LogP contribution in [-0.4, -0.2) is 25.2 Å². The summed E-state index contributed by atoms with van der Waals surface area (Å²) in [6.07, 6.45) is 4.77. The smallest absolute Gasteiger partial charge is 0.330 e. The molecule has 92 valence electrons. The van der Waals surface area contributed by atoms with Gasteiger partial charge < -0.3 is 9.47 Å². The Hall–Kier alpha value is -2.36. The molecule has 0 aliphatic heterocycles. The highest BCUT2D eigenvalue weighted by molar-refractivity contribution is 5.95. The van der Waals surface area contributed by atoms with Gasteiger partial charge in [0.15, 0.2) is 0 Å². The van der Waals surface area contributed by atoms with Crippen molar-refractivity contribution >= 4 is 22.9 Å². The molecule has 4 heteroatoms. The molecule has 0 spiro atoms. The summed E-state index contributed by atoms with van der Waals surface area (Å²) in [5.74, 6) is 0.286. The van der Waals surface area contributed by atoms with Crippen molar-refractivity contribution < 1.29 is 14.3 Å². The Morgan fingerprint density at radius 2 is 2.11 bits per heavy atom. The summed E-state index contributed by atoms with van der Waals surface area (Å²) in [6.45, 7) is 0. The lowest BCUT2D eigenvalue weighted by atomic mass is 10.1. The van der Waals surface area contributed by atoms with Gasteiger partial charge in [-0.3, -0.25) is 4.98 Å². The summed E-state index contributed by atoms with van der Waals surface area (Å²) in [6, 6.07) is 7.48. The van der Waals surface area contributed by atoms with Gasteiger partial charge in [-0.05, 0) is 24.3 Å². The first kappa shape index (κ1) is 12.1. The minimum Gasteiger partial charge on any atom is -0.496 e. The lowest BCUT2D eigenvalue weighted by Crippen LogP contribution is -1.95. The summed E-state index contributed by atoms with van der Waals surface area (Å²) in [7, 11) is 2.93. The SMILES string of the molecule is COC(=O)/C=C/c1c(OC)ccc2ncccc12. The van der Waals surface area contributed by atoms with Crippen molar-refractivity contribution in [2.75, 3.05) is 14.2 Å². The number of hydrogen-bond acceptors (Lipinski definition) is 4. The highest BCUT2D eigenvalue weighted by Crippen LogP contribution is 2.27. The largest absolute Gasteiger partial charge is 0.496 e. The molecule has 0 aliphatic carbocycles. The molecule has 0 saturated heterocycles. The Bertz CT molecular complexity index is 605. The number of pyridine rings is 1. The molecule has 0 atom stereocenters. The van der Waals surface area contributed by atoms with E-state index >= 15 is 0 Å². The fourth-order valence-electron chi connectivity index (χ4n) is 1.72. The van der Waals surface area contributed by atoms with Crippen molar-refractivity contribution in [2.45, 2.75) is 0 Å². The molecule has 1 heterocycles. The van der Waals surface area contributed by atoms with Crippen LogP contribution in [0.3, 0.4) is 0 Å². The lowest BCUT2D eigenvalue weighted by molar-refractivity contribution is -0.134. The van der Waals surface area contributed by atoms with Gasteiger partial charge in [0.05, 0.1) is 19.7 Å². The van der Waals surface area contributed by atoms with Gasteiger partial charge in [0.1, 0.15) is 5.75 Å². The minimum absolute atomic E-state index is 0.405. The van der Waals surface area contributed by atoms with E-state index in [2.05, 4.69) is 9.72 Å². The Labute approximate surface area is 105 Å². The van der Waals surface area contributed by atoms with Crippen LogP contribution >= 0.6 is 0 Å². The number of aromatic nitrogens is 1. The van der Waals surface area contributed by atoms with Gasteiger partial charge in [-0.1, -0.05) is 6.07 Å². The maximum absolute atomic E-state index is 11.2. The summed E-state index contributed by atoms with van der Waals surface area (Å²) < 4.78 is 9.86. The van der Waals surface area contributed by atoms with Crippen LogP contribution in [0, 0.1) is 0 Å². The second-order valence-electron chi connectivity index (χ2n) is 3.61. The molecular formula is C14H13NO3. The molecule has 0 aliphatic rings. The molecular weight excluding hydrogens is 230 g/mol. The fourth-order valence-corrected chi connectivity index (χ4v) is 1.72. The topological polar surface area (TPSA) is 48.4 Å². The van der Waals surface area contributed by atoms with Crippen molar-refractivity contribution in [1.29, 1.82) is 0 Å². The van der Waals surface area contributed by atoms with Gasteiger partial charge >= 0.3 is 5.97 Å². The van der Waals surface area contributed by atoms with Crippen LogP contribution in [0.4, 0.5) is 0 Å². The minimum atomic E-state index is -0.405. The first-order chi connectivity index (χ1) is 8.76. The molecule has 0 unspecified atom stereocenters. The van der Waals surface area contributed by atoms with E-state index in [1.807, 2.05) is 24.3 Å². The van der Waals surface area contributed by atoms with Crippen LogP contribution in [0.1, 0.15) is 5.56 Å². The van der Waals surface area contributed by atoms with Crippen molar-refractivity contribution in [3.05, 3.63) is 42.1 Å². The van der Waals surface area contributed by atoms with Crippen LogP contribution in [0.5, 0.6) is 5.75 Å². The molecule has 0 bridgehead atoms. The zero-order valence-electron chi connectivity index (χ0n) is 10.2. The molecule has 18 heavy (non-hydrogen) atoms. The van der Waals surface area contributed by atoms with Crippen LogP contribution in [0.2, 0.25) is 0 Å². The Kier molecular flexibility index (Phi) is 3.57. The van der Waals surface area contributed by atoms with Gasteiger partial charge in [0.2, 0.25) is 0 Å². The van der Waals surface area contributed by atoms with Crippen molar-refractivity contribution in [1.82, 2.24) is 4.98 Å². The summed E-state index contributed by atoms with van der Waals surface area (Å²) in [5, 5.41) is 0.928. The van der Waals surface area contributed by atoms with Crippen molar-refractivity contribution in [3.63, 3.8) is 0 Å². The molecule has 1 aromatic heterocycles. The Balaban J connectivity index is 2.58. The van der Waals surface area contributed by atoms with Crippen LogP contribution in [0.15, 0.2) is 36.5 Å². The molecule has 0 saturated carbocycles. The highest BCUT2D eigenvalue weighted by Gasteiger charge is 2.06. The zero-order chi connectivity index (χ0) is 13.0. The standard InChI is InChI=1S/C14H13NO3/c1-17-13-7-6-12-10(4-3-9-15-12)11(13)5-8-14(16)18-2/h3-9H,1-2H3/b8-5+. The molecule has 2 aromatic rings. The summed E-state index contributed by atoms with van der Waals surface area (Å²) >= 11 is 0. The normalized spacial score (nSPS) is 10.8. The van der Waals surface area contributed by atoms with E-state index < -0.39 is 5.97 Å². The average Bonchev–Trinajstić information content (AvgIpc) is 2.44. The number of esters is 1. The van der Waals surface area contributed by atoms with E-state index in [0.29, 0.717) is 5.75 Å². The number of hydrogen-bond donors (Lipinski definition) is 0. The molecule has 1 aromatic carbocycles. The lowest BCUT2D eigenvalue weighted by Gasteiger charge is -2.07. The van der Waals surface area contributed by atoms with Gasteiger partial charge in [0.25, 0.3) is 0 Å². The monoisotopic (exact) mass is 243 g/mol. The second kappa shape index (κ2) is 5.31.